The molecular formula is C20H21ClN6O. The molecule has 0 aliphatic carbocycles. The summed E-state index contributed by atoms with van der Waals surface area (Å²) in [7, 11) is 4.04. The van der Waals surface area contributed by atoms with Gasteiger partial charge in [-0.25, -0.2) is 4.98 Å². The van der Waals surface area contributed by atoms with E-state index in [1.807, 2.05) is 38.4 Å². The van der Waals surface area contributed by atoms with Gasteiger partial charge in [-0.3, -0.25) is 4.79 Å². The van der Waals surface area contributed by atoms with E-state index in [9.17, 15) is 4.79 Å². The zero-order chi connectivity index (χ0) is 19.8. The Morgan fingerprint density at radius 3 is 2.68 bits per heavy atom. The van der Waals surface area contributed by atoms with Gasteiger partial charge in [0.2, 0.25) is 0 Å². The summed E-state index contributed by atoms with van der Waals surface area (Å²) in [4.78, 5) is 24.4. The minimum absolute atomic E-state index is 0.103. The van der Waals surface area contributed by atoms with Crippen LogP contribution in [0.5, 0.6) is 0 Å². The van der Waals surface area contributed by atoms with E-state index in [0.29, 0.717) is 39.8 Å². The highest BCUT2D eigenvalue weighted by molar-refractivity contribution is 6.33. The van der Waals surface area contributed by atoms with E-state index >= 15 is 0 Å². The Bertz CT molecular complexity index is 1230. The molecule has 0 N–H and O–H groups in total. The maximum absolute atomic E-state index is 13.4. The molecule has 8 heteroatoms. The summed E-state index contributed by atoms with van der Waals surface area (Å²) in [6, 6.07) is 9.30. The van der Waals surface area contributed by atoms with Crippen LogP contribution in [0.4, 0.5) is 0 Å². The van der Waals surface area contributed by atoms with E-state index in [1.54, 1.807) is 28.3 Å². The molecule has 0 saturated heterocycles. The second-order valence-electron chi connectivity index (χ2n) is 7.04. The van der Waals surface area contributed by atoms with E-state index in [4.69, 9.17) is 11.6 Å². The van der Waals surface area contributed by atoms with Gasteiger partial charge in [-0.05, 0) is 46.1 Å². The Balaban J connectivity index is 2.01. The number of rotatable bonds is 5. The zero-order valence-electron chi connectivity index (χ0n) is 16.1. The van der Waals surface area contributed by atoms with Gasteiger partial charge in [0, 0.05) is 23.3 Å². The largest absolute Gasteiger partial charge is 0.315 e. The van der Waals surface area contributed by atoms with Crippen LogP contribution in [0.15, 0.2) is 41.3 Å². The predicted molar refractivity (Wildman–Crippen MR) is 111 cm³/mol. The van der Waals surface area contributed by atoms with Crippen molar-refractivity contribution < 1.29 is 0 Å². The lowest BCUT2D eigenvalue weighted by atomic mass is 10.1. The molecule has 3 heterocycles. The van der Waals surface area contributed by atoms with E-state index in [2.05, 4.69) is 20.0 Å². The first-order chi connectivity index (χ1) is 13.5. The number of nitrogens with zero attached hydrogens (tertiary/aromatic N) is 6. The smallest absolute Gasteiger partial charge is 0.262 e. The number of hydrogen-bond donors (Lipinski definition) is 0. The van der Waals surface area contributed by atoms with Gasteiger partial charge in [0.05, 0.1) is 16.6 Å². The molecule has 144 valence electrons. The fourth-order valence-corrected chi connectivity index (χ4v) is 3.58. The summed E-state index contributed by atoms with van der Waals surface area (Å²) < 4.78 is 3.34. The van der Waals surface area contributed by atoms with E-state index in [1.165, 1.54) is 0 Å². The van der Waals surface area contributed by atoms with Crippen molar-refractivity contribution in [3.63, 3.8) is 0 Å². The molecule has 0 aliphatic heterocycles. The minimum Gasteiger partial charge on any atom is -0.315 e. The Hall–Kier alpha value is -2.77. The minimum atomic E-state index is -0.103. The Labute approximate surface area is 167 Å². The van der Waals surface area contributed by atoms with Crippen LogP contribution in [-0.4, -0.2) is 49.7 Å². The summed E-state index contributed by atoms with van der Waals surface area (Å²) in [5, 5.41) is 5.51. The van der Waals surface area contributed by atoms with Crippen LogP contribution < -0.4 is 5.56 Å². The Morgan fingerprint density at radius 2 is 1.93 bits per heavy atom. The summed E-state index contributed by atoms with van der Waals surface area (Å²) in [5.74, 6) is 1.03. The second-order valence-corrected chi connectivity index (χ2v) is 7.45. The van der Waals surface area contributed by atoms with E-state index < -0.39 is 0 Å². The van der Waals surface area contributed by atoms with Gasteiger partial charge in [-0.2, -0.15) is 9.50 Å². The predicted octanol–water partition coefficient (Wildman–Crippen LogP) is 3.02. The molecular weight excluding hydrogens is 376 g/mol. The average molecular weight is 397 g/mol. The zero-order valence-corrected chi connectivity index (χ0v) is 16.8. The molecule has 0 spiro atoms. The van der Waals surface area contributed by atoms with Crippen molar-refractivity contribution in [3.05, 3.63) is 57.7 Å². The molecule has 3 aromatic heterocycles. The van der Waals surface area contributed by atoms with Gasteiger partial charge in [0.25, 0.3) is 11.3 Å². The Morgan fingerprint density at radius 1 is 1.14 bits per heavy atom. The highest BCUT2D eigenvalue weighted by Gasteiger charge is 2.19. The molecule has 0 amide bonds. The van der Waals surface area contributed by atoms with Crippen molar-refractivity contribution in [1.29, 1.82) is 0 Å². The molecule has 0 atom stereocenters. The standard InChI is InChI=1S/C20H21ClN6O/c1-13-22-20-23-16-9-12-26(11-6-10-25(2)3)19(28)17(16)18(27(20)24-13)14-7-4-5-8-15(14)21/h4-5,7-9,12H,6,10-11H2,1-3H3. The molecule has 28 heavy (non-hydrogen) atoms. The molecule has 1 aromatic carbocycles. The van der Waals surface area contributed by atoms with Crippen LogP contribution in [0.3, 0.4) is 0 Å². The fraction of sp³-hybridized carbons (Fsp3) is 0.300. The van der Waals surface area contributed by atoms with Crippen molar-refractivity contribution >= 4 is 28.3 Å². The number of benzene rings is 1. The fourth-order valence-electron chi connectivity index (χ4n) is 3.36. The topological polar surface area (TPSA) is 68.3 Å². The van der Waals surface area contributed by atoms with Gasteiger partial charge in [-0.15, -0.1) is 5.10 Å². The van der Waals surface area contributed by atoms with Crippen molar-refractivity contribution in [2.45, 2.75) is 19.9 Å². The molecule has 0 aliphatic rings. The van der Waals surface area contributed by atoms with Crippen LogP contribution >= 0.6 is 11.6 Å². The first kappa shape index (κ1) is 18.6. The average Bonchev–Trinajstić information content (AvgIpc) is 3.02. The first-order valence-corrected chi connectivity index (χ1v) is 9.49. The van der Waals surface area contributed by atoms with Gasteiger partial charge in [0.15, 0.2) is 0 Å². The summed E-state index contributed by atoms with van der Waals surface area (Å²) in [5.41, 5.74) is 1.84. The molecule has 7 nitrogen and oxygen atoms in total. The van der Waals surface area contributed by atoms with Gasteiger partial charge in [0.1, 0.15) is 5.82 Å². The monoisotopic (exact) mass is 396 g/mol. The van der Waals surface area contributed by atoms with Crippen LogP contribution in [0.25, 0.3) is 27.9 Å². The number of pyridine rings is 1. The van der Waals surface area contributed by atoms with E-state index in [-0.39, 0.29) is 5.56 Å². The molecule has 4 rings (SSSR count). The third-order valence-electron chi connectivity index (χ3n) is 4.64. The normalized spacial score (nSPS) is 11.8. The number of hydrogen-bond acceptors (Lipinski definition) is 5. The Kier molecular flexibility index (Phi) is 4.87. The molecule has 0 saturated carbocycles. The quantitative estimate of drug-likeness (QED) is 0.518. The highest BCUT2D eigenvalue weighted by Crippen LogP contribution is 2.31. The van der Waals surface area contributed by atoms with Crippen LogP contribution in [0, 0.1) is 6.92 Å². The van der Waals surface area contributed by atoms with Crippen LogP contribution in [0.2, 0.25) is 5.02 Å². The van der Waals surface area contributed by atoms with Crippen molar-refractivity contribution in [3.8, 4) is 11.3 Å². The lowest BCUT2D eigenvalue weighted by molar-refractivity contribution is 0.385. The van der Waals surface area contributed by atoms with Crippen molar-refractivity contribution in [2.75, 3.05) is 20.6 Å². The van der Waals surface area contributed by atoms with Crippen molar-refractivity contribution in [2.24, 2.45) is 0 Å². The highest BCUT2D eigenvalue weighted by atomic mass is 35.5. The molecule has 4 aromatic rings. The van der Waals surface area contributed by atoms with Crippen LogP contribution in [0.1, 0.15) is 12.2 Å². The van der Waals surface area contributed by atoms with Gasteiger partial charge >= 0.3 is 0 Å². The lowest BCUT2D eigenvalue weighted by Crippen LogP contribution is -2.23. The first-order valence-electron chi connectivity index (χ1n) is 9.12. The maximum atomic E-state index is 13.4. The third kappa shape index (κ3) is 3.27. The summed E-state index contributed by atoms with van der Waals surface area (Å²) in [6.45, 7) is 3.33. The van der Waals surface area contributed by atoms with Gasteiger partial charge in [-0.1, -0.05) is 29.8 Å². The SMILES string of the molecule is Cc1nc2nc3ccn(CCCN(C)C)c(=O)c3c(-c3ccccc3Cl)n2n1. The number of fused-ring (bicyclic) bond motifs is 2. The second kappa shape index (κ2) is 7.33. The molecule has 0 bridgehead atoms. The number of aromatic nitrogens is 5. The molecule has 0 unspecified atom stereocenters. The van der Waals surface area contributed by atoms with E-state index in [0.717, 1.165) is 18.5 Å². The number of halogens is 1. The third-order valence-corrected chi connectivity index (χ3v) is 4.97. The number of aryl methyl sites for hydroxylation is 2. The molecule has 0 radical (unpaired) electrons. The lowest BCUT2D eigenvalue weighted by Gasteiger charge is -2.13. The van der Waals surface area contributed by atoms with Gasteiger partial charge < -0.3 is 9.47 Å². The summed E-state index contributed by atoms with van der Waals surface area (Å²) >= 11 is 6.48. The molecule has 0 fully saturated rings. The van der Waals surface area contributed by atoms with Crippen LogP contribution in [-0.2, 0) is 6.54 Å². The van der Waals surface area contributed by atoms with Crippen molar-refractivity contribution in [1.82, 2.24) is 29.0 Å². The maximum Gasteiger partial charge on any atom is 0.262 e. The summed E-state index contributed by atoms with van der Waals surface area (Å²) in [6.07, 6.45) is 2.67.